The molecule has 0 aliphatic rings. The number of amides is 1. The summed E-state index contributed by atoms with van der Waals surface area (Å²) in [5.41, 5.74) is 3.32. The maximum absolute atomic E-state index is 12.4. The standard InChI is InChI=1S/C23H23ClN2O3S/c1-16-10-18(24)8-9-20(16)25-23(28)15-30-14-19-11-21(27)22(12-26(19)2)29-13-17-6-4-3-5-7-17/h3-12H,13-15H2,1-2H3,(H,25,28). The summed E-state index contributed by atoms with van der Waals surface area (Å²) in [5, 5.41) is 3.52. The van der Waals surface area contributed by atoms with Crippen molar-refractivity contribution in [3.63, 3.8) is 0 Å². The van der Waals surface area contributed by atoms with Crippen LogP contribution in [-0.4, -0.2) is 16.2 Å². The minimum Gasteiger partial charge on any atom is -0.483 e. The fraction of sp³-hybridized carbons (Fsp3) is 0.217. The molecule has 1 N–H and O–H groups in total. The van der Waals surface area contributed by atoms with Crippen molar-refractivity contribution in [3.05, 3.63) is 92.9 Å². The molecule has 1 heterocycles. The minimum atomic E-state index is -0.166. The van der Waals surface area contributed by atoms with E-state index in [1.807, 2.05) is 54.9 Å². The lowest BCUT2D eigenvalue weighted by Gasteiger charge is -2.12. The molecule has 30 heavy (non-hydrogen) atoms. The number of nitrogens with one attached hydrogen (secondary N) is 1. The summed E-state index contributed by atoms with van der Waals surface area (Å²) in [4.78, 5) is 24.6. The number of carbonyl (C=O) groups excluding carboxylic acids is 1. The van der Waals surface area contributed by atoms with Gasteiger partial charge in [-0.05, 0) is 36.2 Å². The number of nitrogens with zero attached hydrogens (tertiary/aromatic N) is 1. The van der Waals surface area contributed by atoms with Crippen LogP contribution in [0.25, 0.3) is 0 Å². The van der Waals surface area contributed by atoms with E-state index in [1.165, 1.54) is 11.8 Å². The molecule has 0 unspecified atom stereocenters. The second kappa shape index (κ2) is 10.4. The highest BCUT2D eigenvalue weighted by Gasteiger charge is 2.09. The van der Waals surface area contributed by atoms with Crippen LogP contribution in [0.5, 0.6) is 5.75 Å². The van der Waals surface area contributed by atoms with Gasteiger partial charge in [-0.3, -0.25) is 9.59 Å². The Labute approximate surface area is 185 Å². The van der Waals surface area contributed by atoms with Crippen molar-refractivity contribution in [1.29, 1.82) is 0 Å². The summed E-state index contributed by atoms with van der Waals surface area (Å²) < 4.78 is 7.53. The Balaban J connectivity index is 1.53. The number of anilines is 1. The molecule has 0 saturated heterocycles. The van der Waals surface area contributed by atoms with E-state index in [2.05, 4.69) is 5.32 Å². The van der Waals surface area contributed by atoms with Gasteiger partial charge in [0.05, 0.1) is 11.9 Å². The number of benzene rings is 2. The predicted molar refractivity (Wildman–Crippen MR) is 123 cm³/mol. The van der Waals surface area contributed by atoms with Gasteiger partial charge in [-0.25, -0.2) is 0 Å². The highest BCUT2D eigenvalue weighted by atomic mass is 35.5. The van der Waals surface area contributed by atoms with Gasteiger partial charge in [0.1, 0.15) is 6.61 Å². The van der Waals surface area contributed by atoms with Crippen LogP contribution in [0.4, 0.5) is 5.69 Å². The van der Waals surface area contributed by atoms with Gasteiger partial charge in [0.15, 0.2) is 5.75 Å². The Morgan fingerprint density at radius 1 is 1.17 bits per heavy atom. The number of aryl methyl sites for hydroxylation is 2. The van der Waals surface area contributed by atoms with Gasteiger partial charge >= 0.3 is 0 Å². The molecule has 1 amide bonds. The monoisotopic (exact) mass is 442 g/mol. The summed E-state index contributed by atoms with van der Waals surface area (Å²) in [7, 11) is 1.86. The van der Waals surface area contributed by atoms with E-state index in [0.29, 0.717) is 23.1 Å². The maximum atomic E-state index is 12.4. The molecule has 0 aliphatic carbocycles. The summed E-state index contributed by atoms with van der Waals surface area (Å²) in [6.07, 6.45) is 1.69. The van der Waals surface area contributed by atoms with E-state index < -0.39 is 0 Å². The van der Waals surface area contributed by atoms with E-state index >= 15 is 0 Å². The van der Waals surface area contributed by atoms with Crippen molar-refractivity contribution in [1.82, 2.24) is 4.57 Å². The maximum Gasteiger partial charge on any atom is 0.234 e. The van der Waals surface area contributed by atoms with Crippen molar-refractivity contribution >= 4 is 35.0 Å². The summed E-state index contributed by atoms with van der Waals surface area (Å²) in [6, 6.07) is 16.6. The molecule has 0 saturated carbocycles. The van der Waals surface area contributed by atoms with Crippen molar-refractivity contribution in [2.24, 2.45) is 7.05 Å². The second-order valence-corrected chi connectivity index (χ2v) is 8.30. The number of rotatable bonds is 8. The number of halogens is 1. The van der Waals surface area contributed by atoms with Gasteiger partial charge in [-0.2, -0.15) is 0 Å². The lowest BCUT2D eigenvalue weighted by Crippen LogP contribution is -2.16. The number of hydrogen-bond acceptors (Lipinski definition) is 4. The van der Waals surface area contributed by atoms with Gasteiger partial charge < -0.3 is 14.6 Å². The molecule has 5 nitrogen and oxygen atoms in total. The molecule has 3 rings (SSSR count). The third kappa shape index (κ3) is 6.15. The number of thioether (sulfide) groups is 1. The summed E-state index contributed by atoms with van der Waals surface area (Å²) in [6.45, 7) is 2.24. The molecule has 2 aromatic carbocycles. The zero-order valence-corrected chi connectivity index (χ0v) is 18.4. The SMILES string of the molecule is Cc1cc(Cl)ccc1NC(=O)CSCc1cc(=O)c(OCc2ccccc2)cn1C. The molecule has 0 fully saturated rings. The molecule has 156 valence electrons. The minimum absolute atomic E-state index is 0.0989. The highest BCUT2D eigenvalue weighted by molar-refractivity contribution is 7.99. The molecule has 0 spiro atoms. The normalized spacial score (nSPS) is 10.6. The van der Waals surface area contributed by atoms with Gasteiger partial charge in [0, 0.05) is 35.3 Å². The Hall–Kier alpha value is -2.70. The van der Waals surface area contributed by atoms with E-state index in [4.69, 9.17) is 16.3 Å². The average Bonchev–Trinajstić information content (AvgIpc) is 2.72. The molecule has 1 aromatic heterocycles. The first-order valence-corrected chi connectivity index (χ1v) is 11.0. The largest absolute Gasteiger partial charge is 0.483 e. The fourth-order valence-electron chi connectivity index (χ4n) is 2.84. The van der Waals surface area contributed by atoms with Gasteiger partial charge in [0.25, 0.3) is 0 Å². The molecular formula is C23H23ClN2O3S. The Kier molecular flexibility index (Phi) is 7.60. The third-order valence-corrected chi connectivity index (χ3v) is 5.69. The Morgan fingerprint density at radius 3 is 2.67 bits per heavy atom. The quantitative estimate of drug-likeness (QED) is 0.544. The lowest BCUT2D eigenvalue weighted by molar-refractivity contribution is -0.113. The molecular weight excluding hydrogens is 420 g/mol. The third-order valence-electron chi connectivity index (χ3n) is 4.49. The van der Waals surface area contributed by atoms with Crippen molar-refractivity contribution in [2.75, 3.05) is 11.1 Å². The van der Waals surface area contributed by atoms with Crippen LogP contribution in [0, 0.1) is 6.92 Å². The van der Waals surface area contributed by atoms with Gasteiger partial charge in [-0.1, -0.05) is 41.9 Å². The Morgan fingerprint density at radius 2 is 1.93 bits per heavy atom. The van der Waals surface area contributed by atoms with E-state index in [1.54, 1.807) is 24.4 Å². The number of ether oxygens (including phenoxy) is 1. The zero-order valence-electron chi connectivity index (χ0n) is 16.9. The number of pyridine rings is 1. The van der Waals surface area contributed by atoms with Crippen LogP contribution in [-0.2, 0) is 24.2 Å². The van der Waals surface area contributed by atoms with Crippen LogP contribution in [0.1, 0.15) is 16.8 Å². The molecule has 0 atom stereocenters. The summed E-state index contributed by atoms with van der Waals surface area (Å²) in [5.74, 6) is 1.03. The molecule has 0 bridgehead atoms. The van der Waals surface area contributed by atoms with Crippen LogP contribution < -0.4 is 15.5 Å². The van der Waals surface area contributed by atoms with Gasteiger partial charge in [-0.15, -0.1) is 11.8 Å². The van der Waals surface area contributed by atoms with Crippen LogP contribution >= 0.6 is 23.4 Å². The van der Waals surface area contributed by atoms with Crippen molar-refractivity contribution in [3.8, 4) is 5.75 Å². The highest BCUT2D eigenvalue weighted by Crippen LogP contribution is 2.20. The van der Waals surface area contributed by atoms with E-state index in [-0.39, 0.29) is 17.1 Å². The number of aromatic nitrogens is 1. The first-order chi connectivity index (χ1) is 14.4. The van der Waals surface area contributed by atoms with Crippen LogP contribution in [0.3, 0.4) is 0 Å². The molecule has 3 aromatic rings. The molecule has 7 heteroatoms. The Bertz CT molecular complexity index is 1080. The number of carbonyl (C=O) groups is 1. The predicted octanol–water partition coefficient (Wildman–Crippen LogP) is 4.80. The smallest absolute Gasteiger partial charge is 0.234 e. The average molecular weight is 443 g/mol. The van der Waals surface area contributed by atoms with Crippen molar-refractivity contribution in [2.45, 2.75) is 19.3 Å². The first-order valence-electron chi connectivity index (χ1n) is 9.42. The molecule has 0 aliphatic heterocycles. The van der Waals surface area contributed by atoms with Crippen LogP contribution in [0.2, 0.25) is 5.02 Å². The van der Waals surface area contributed by atoms with Crippen LogP contribution in [0.15, 0.2) is 65.6 Å². The van der Waals surface area contributed by atoms with Crippen molar-refractivity contribution < 1.29 is 9.53 Å². The zero-order chi connectivity index (χ0) is 21.5. The fourth-order valence-corrected chi connectivity index (χ4v) is 3.92. The van der Waals surface area contributed by atoms with E-state index in [9.17, 15) is 9.59 Å². The first kappa shape index (κ1) is 22.0. The summed E-state index contributed by atoms with van der Waals surface area (Å²) >= 11 is 7.38. The lowest BCUT2D eigenvalue weighted by atomic mass is 10.2. The topological polar surface area (TPSA) is 60.3 Å². The van der Waals surface area contributed by atoms with Gasteiger partial charge in [0.2, 0.25) is 11.3 Å². The van der Waals surface area contributed by atoms with E-state index in [0.717, 1.165) is 22.5 Å². The molecule has 0 radical (unpaired) electrons. The second-order valence-electron chi connectivity index (χ2n) is 6.88. The number of hydrogen-bond donors (Lipinski definition) is 1.